The van der Waals surface area contributed by atoms with Crippen molar-refractivity contribution >= 4 is 11.8 Å². The molecule has 0 unspecified atom stereocenters. The Bertz CT molecular complexity index is 778. The Balaban J connectivity index is 1.70. The second-order valence-corrected chi connectivity index (χ2v) is 10.4. The van der Waals surface area contributed by atoms with Crippen LogP contribution >= 0.6 is 0 Å². The zero-order chi connectivity index (χ0) is 23.5. The number of hydrogen-bond acceptors (Lipinski definition) is 3. The Labute approximate surface area is 194 Å². The van der Waals surface area contributed by atoms with Crippen LogP contribution < -0.4 is 5.32 Å². The van der Waals surface area contributed by atoms with E-state index in [4.69, 9.17) is 0 Å². The summed E-state index contributed by atoms with van der Waals surface area (Å²) in [7, 11) is 0. The number of carbonyl (C=O) groups excluding carboxylic acids is 2. The highest BCUT2D eigenvalue weighted by atomic mass is 16.3. The summed E-state index contributed by atoms with van der Waals surface area (Å²) in [5.41, 5.74) is 1.08. The largest absolute Gasteiger partial charge is 0.392 e. The molecule has 0 heterocycles. The quantitative estimate of drug-likeness (QED) is 0.670. The third-order valence-electron chi connectivity index (χ3n) is 8.55. The lowest BCUT2D eigenvalue weighted by atomic mass is 9.51. The molecular weight excluding hydrogens is 400 g/mol. The van der Waals surface area contributed by atoms with E-state index in [1.54, 1.807) is 0 Å². The van der Waals surface area contributed by atoms with E-state index in [1.807, 2.05) is 56.0 Å². The molecule has 0 radical (unpaired) electrons. The average Bonchev–Trinajstić information content (AvgIpc) is 2.77. The number of carbonyl (C=O) groups is 2. The smallest absolute Gasteiger partial charge is 0.225 e. The molecule has 3 rings (SSSR count). The minimum Gasteiger partial charge on any atom is -0.392 e. The standard InChI is InChI=1S/C27H42N2O3/c1-6-29(7-2)26(32)18(3)21-13-15-27(5)16-14-22(19(4)24(27)25(21)31)28-23(30)17-20-11-9-8-10-12-20/h8-12,18-19,21-22,24-25,31H,6-7,13-17H2,1-5H3,(H,28,30)/t18-,19+,21+,22-,24+,25-,27-/m0/s1. The van der Waals surface area contributed by atoms with Crippen LogP contribution in [0.15, 0.2) is 30.3 Å². The van der Waals surface area contributed by atoms with Crippen LogP contribution in [0, 0.1) is 29.1 Å². The van der Waals surface area contributed by atoms with Crippen LogP contribution in [0.5, 0.6) is 0 Å². The zero-order valence-electron chi connectivity index (χ0n) is 20.5. The summed E-state index contributed by atoms with van der Waals surface area (Å²) >= 11 is 0. The van der Waals surface area contributed by atoms with Crippen molar-refractivity contribution in [2.75, 3.05) is 13.1 Å². The minimum atomic E-state index is -0.521. The van der Waals surface area contributed by atoms with Gasteiger partial charge in [0.1, 0.15) is 0 Å². The molecule has 2 aliphatic carbocycles. The lowest BCUT2D eigenvalue weighted by Crippen LogP contribution is -2.58. The third-order valence-corrected chi connectivity index (χ3v) is 8.55. The molecule has 32 heavy (non-hydrogen) atoms. The van der Waals surface area contributed by atoms with E-state index < -0.39 is 6.10 Å². The predicted molar refractivity (Wildman–Crippen MR) is 128 cm³/mol. The monoisotopic (exact) mass is 442 g/mol. The first-order valence-corrected chi connectivity index (χ1v) is 12.5. The first-order chi connectivity index (χ1) is 15.2. The highest BCUT2D eigenvalue weighted by Crippen LogP contribution is 2.55. The maximum atomic E-state index is 13.0. The Morgan fingerprint density at radius 2 is 1.78 bits per heavy atom. The molecule has 2 amide bonds. The van der Waals surface area contributed by atoms with Gasteiger partial charge in [0.05, 0.1) is 12.5 Å². The number of benzene rings is 1. The normalized spacial score (nSPS) is 33.1. The molecule has 0 saturated heterocycles. The zero-order valence-corrected chi connectivity index (χ0v) is 20.5. The van der Waals surface area contributed by atoms with E-state index >= 15 is 0 Å². The third kappa shape index (κ3) is 5.03. The molecule has 2 N–H and O–H groups in total. The van der Waals surface area contributed by atoms with E-state index in [0.717, 1.165) is 31.2 Å². The molecule has 2 fully saturated rings. The van der Waals surface area contributed by atoms with Crippen molar-refractivity contribution in [2.24, 2.45) is 29.1 Å². The van der Waals surface area contributed by atoms with Gasteiger partial charge in [-0.2, -0.15) is 0 Å². The molecule has 2 saturated carbocycles. The first kappa shape index (κ1) is 24.8. The minimum absolute atomic E-state index is 0.0256. The fraction of sp³-hybridized carbons (Fsp3) is 0.704. The van der Waals surface area contributed by atoms with E-state index in [1.165, 1.54) is 0 Å². The fourth-order valence-electron chi connectivity index (χ4n) is 6.54. The van der Waals surface area contributed by atoms with Gasteiger partial charge in [0, 0.05) is 25.0 Å². The summed E-state index contributed by atoms with van der Waals surface area (Å²) in [6.07, 6.45) is 3.73. The molecule has 0 spiro atoms. The van der Waals surface area contributed by atoms with Gasteiger partial charge in [-0.25, -0.2) is 0 Å². The molecule has 5 nitrogen and oxygen atoms in total. The number of rotatable bonds is 7. The van der Waals surface area contributed by atoms with Crippen molar-refractivity contribution in [3.8, 4) is 0 Å². The molecule has 0 aliphatic heterocycles. The first-order valence-electron chi connectivity index (χ1n) is 12.5. The molecular formula is C27H42N2O3. The van der Waals surface area contributed by atoms with Crippen LogP contribution in [-0.4, -0.2) is 47.1 Å². The topological polar surface area (TPSA) is 69.6 Å². The number of nitrogens with one attached hydrogen (secondary N) is 1. The number of aliphatic hydroxyl groups is 1. The lowest BCUT2D eigenvalue weighted by molar-refractivity contribution is -0.150. The maximum Gasteiger partial charge on any atom is 0.225 e. The van der Waals surface area contributed by atoms with Crippen LogP contribution in [-0.2, 0) is 16.0 Å². The highest BCUT2D eigenvalue weighted by Gasteiger charge is 2.54. The number of amides is 2. The summed E-state index contributed by atoms with van der Waals surface area (Å²) in [4.78, 5) is 27.6. The SMILES string of the molecule is CCN(CC)C(=O)[C@@H](C)[C@H]1CC[C@@]2(C)CC[C@H](NC(=O)Cc3ccccc3)[C@@H](C)[C@@H]2[C@H]1O. The van der Waals surface area contributed by atoms with Crippen molar-refractivity contribution in [3.05, 3.63) is 35.9 Å². The Morgan fingerprint density at radius 3 is 2.41 bits per heavy atom. The number of hydrogen-bond donors (Lipinski definition) is 2. The molecule has 178 valence electrons. The van der Waals surface area contributed by atoms with Gasteiger partial charge in [-0.1, -0.05) is 51.1 Å². The second-order valence-electron chi connectivity index (χ2n) is 10.4. The molecule has 5 heteroatoms. The van der Waals surface area contributed by atoms with Crippen LogP contribution in [0.2, 0.25) is 0 Å². The Hall–Kier alpha value is -1.88. The van der Waals surface area contributed by atoms with Crippen molar-refractivity contribution in [1.29, 1.82) is 0 Å². The van der Waals surface area contributed by atoms with Gasteiger partial charge in [0.25, 0.3) is 0 Å². The van der Waals surface area contributed by atoms with Crippen LogP contribution in [0.25, 0.3) is 0 Å². The molecule has 1 aromatic carbocycles. The van der Waals surface area contributed by atoms with Gasteiger partial charge in [0.15, 0.2) is 0 Å². The molecule has 2 aliphatic rings. The summed E-state index contributed by atoms with van der Waals surface area (Å²) < 4.78 is 0. The molecule has 0 aromatic heterocycles. The van der Waals surface area contributed by atoms with Crippen molar-refractivity contribution < 1.29 is 14.7 Å². The predicted octanol–water partition coefficient (Wildman–Crippen LogP) is 4.04. The maximum absolute atomic E-state index is 13.0. The van der Waals surface area contributed by atoms with Crippen molar-refractivity contribution in [2.45, 2.75) is 78.9 Å². The summed E-state index contributed by atoms with van der Waals surface area (Å²) in [6, 6.07) is 9.88. The van der Waals surface area contributed by atoms with Crippen molar-refractivity contribution in [1.82, 2.24) is 10.2 Å². The molecule has 0 bridgehead atoms. The highest BCUT2D eigenvalue weighted by molar-refractivity contribution is 5.79. The number of aliphatic hydroxyl groups excluding tert-OH is 1. The van der Waals surface area contributed by atoms with Gasteiger partial charge in [-0.3, -0.25) is 9.59 Å². The number of fused-ring (bicyclic) bond motifs is 1. The van der Waals surface area contributed by atoms with E-state index in [2.05, 4.69) is 19.2 Å². The van der Waals surface area contributed by atoms with E-state index in [0.29, 0.717) is 19.5 Å². The fourth-order valence-corrected chi connectivity index (χ4v) is 6.54. The van der Waals surface area contributed by atoms with Gasteiger partial charge in [-0.05, 0) is 68.3 Å². The van der Waals surface area contributed by atoms with E-state index in [9.17, 15) is 14.7 Å². The van der Waals surface area contributed by atoms with Gasteiger partial charge < -0.3 is 15.3 Å². The van der Waals surface area contributed by atoms with Crippen LogP contribution in [0.1, 0.15) is 65.9 Å². The molecule has 7 atom stereocenters. The Morgan fingerprint density at radius 1 is 1.16 bits per heavy atom. The Kier molecular flexibility index (Phi) is 8.02. The van der Waals surface area contributed by atoms with Gasteiger partial charge in [0.2, 0.25) is 11.8 Å². The summed E-state index contributed by atoms with van der Waals surface area (Å²) in [5, 5.41) is 14.8. The van der Waals surface area contributed by atoms with Gasteiger partial charge in [-0.15, -0.1) is 0 Å². The van der Waals surface area contributed by atoms with Crippen LogP contribution in [0.3, 0.4) is 0 Å². The second kappa shape index (κ2) is 10.4. The average molecular weight is 443 g/mol. The molecule has 1 aromatic rings. The lowest BCUT2D eigenvalue weighted by Gasteiger charge is -2.56. The summed E-state index contributed by atoms with van der Waals surface area (Å²) in [5.74, 6) is 0.241. The van der Waals surface area contributed by atoms with Gasteiger partial charge >= 0.3 is 0 Å². The summed E-state index contributed by atoms with van der Waals surface area (Å²) in [6.45, 7) is 11.9. The van der Waals surface area contributed by atoms with E-state index in [-0.39, 0.29) is 46.9 Å². The van der Waals surface area contributed by atoms with Crippen molar-refractivity contribution in [3.63, 3.8) is 0 Å². The number of nitrogens with zero attached hydrogens (tertiary/aromatic N) is 1. The van der Waals surface area contributed by atoms with Crippen LogP contribution in [0.4, 0.5) is 0 Å².